The second-order valence-electron chi connectivity index (χ2n) is 10.9. The molecule has 0 amide bonds. The van der Waals surface area contributed by atoms with Crippen LogP contribution in [-0.4, -0.2) is 121 Å². The van der Waals surface area contributed by atoms with Crippen molar-refractivity contribution < 1.29 is 80.9 Å². The van der Waals surface area contributed by atoms with Gasteiger partial charge in [-0.05, 0) is 0 Å². The van der Waals surface area contributed by atoms with E-state index in [2.05, 4.69) is 0 Å². The van der Waals surface area contributed by atoms with E-state index in [1.807, 2.05) is 13.8 Å². The molecular formula is C29H42O17S. The minimum Gasteiger partial charge on any atom is -0.463 e. The number of hydrogen-bond acceptors (Lipinski definition) is 18. The molecule has 0 unspecified atom stereocenters. The third-order valence-corrected chi connectivity index (χ3v) is 7.47. The predicted octanol–water partition coefficient (Wildman–Crippen LogP) is 0.748. The molecule has 2 aliphatic heterocycles. The number of ether oxygens (including phenoxy) is 10. The Morgan fingerprint density at radius 1 is 0.511 bits per heavy atom. The average Bonchev–Trinajstić information content (AvgIpc) is 2.91. The summed E-state index contributed by atoms with van der Waals surface area (Å²) < 4.78 is 56.0. The lowest BCUT2D eigenvalue weighted by Crippen LogP contribution is -2.64. The molecule has 0 aromatic carbocycles. The van der Waals surface area contributed by atoms with Gasteiger partial charge in [0.1, 0.15) is 24.3 Å². The van der Waals surface area contributed by atoms with Crippen molar-refractivity contribution >= 4 is 53.5 Å². The molecule has 17 nitrogen and oxygen atoms in total. The van der Waals surface area contributed by atoms with E-state index >= 15 is 0 Å². The highest BCUT2D eigenvalue weighted by molar-refractivity contribution is 8.00. The molecule has 266 valence electrons. The Hall–Kier alpha value is -3.48. The average molecular weight is 695 g/mol. The molecule has 0 N–H and O–H groups in total. The van der Waals surface area contributed by atoms with Crippen molar-refractivity contribution in [1.29, 1.82) is 0 Å². The van der Waals surface area contributed by atoms with Crippen LogP contribution >= 0.6 is 11.8 Å². The van der Waals surface area contributed by atoms with Crippen LogP contribution in [0, 0.1) is 0 Å². The maximum absolute atomic E-state index is 12.2. The van der Waals surface area contributed by atoms with E-state index in [4.69, 9.17) is 47.4 Å². The van der Waals surface area contributed by atoms with Gasteiger partial charge in [-0.25, -0.2) is 0 Å². The van der Waals surface area contributed by atoms with E-state index in [9.17, 15) is 33.6 Å². The van der Waals surface area contributed by atoms with Crippen LogP contribution in [0.5, 0.6) is 0 Å². The van der Waals surface area contributed by atoms with E-state index in [0.717, 1.165) is 48.5 Å². The smallest absolute Gasteiger partial charge is 0.303 e. The molecule has 0 radical (unpaired) electrons. The Morgan fingerprint density at radius 2 is 0.894 bits per heavy atom. The van der Waals surface area contributed by atoms with Gasteiger partial charge in [-0.2, -0.15) is 0 Å². The largest absolute Gasteiger partial charge is 0.463 e. The van der Waals surface area contributed by atoms with E-state index in [1.54, 1.807) is 0 Å². The lowest BCUT2D eigenvalue weighted by Gasteiger charge is -2.46. The Bertz CT molecular complexity index is 1160. The zero-order valence-electron chi connectivity index (χ0n) is 27.6. The minimum atomic E-state index is -1.58. The molecule has 0 aromatic heterocycles. The van der Waals surface area contributed by atoms with Gasteiger partial charge >= 0.3 is 41.8 Å². The number of rotatable bonds is 13. The van der Waals surface area contributed by atoms with Crippen molar-refractivity contribution in [1.82, 2.24) is 0 Å². The third kappa shape index (κ3) is 12.6. The Balaban J connectivity index is 2.56. The number of hydrogen-bond donors (Lipinski definition) is 0. The fourth-order valence-electron chi connectivity index (χ4n) is 4.88. The highest BCUT2D eigenvalue weighted by Crippen LogP contribution is 2.37. The highest BCUT2D eigenvalue weighted by atomic mass is 32.2. The van der Waals surface area contributed by atoms with Crippen LogP contribution in [-0.2, 0) is 80.9 Å². The van der Waals surface area contributed by atoms with Crippen LogP contribution in [0.2, 0.25) is 0 Å². The molecular weight excluding hydrogens is 652 g/mol. The summed E-state index contributed by atoms with van der Waals surface area (Å²) >= 11 is 1.23. The van der Waals surface area contributed by atoms with Gasteiger partial charge in [-0.1, -0.05) is 13.8 Å². The topological polar surface area (TPSA) is 212 Å². The van der Waals surface area contributed by atoms with E-state index in [1.165, 1.54) is 11.8 Å². The fraction of sp³-hybridized carbons (Fsp3) is 0.759. The number of esters is 7. The molecule has 0 bridgehead atoms. The third-order valence-electron chi connectivity index (χ3n) is 6.28. The minimum absolute atomic E-state index is 0.0809. The lowest BCUT2D eigenvalue weighted by molar-refractivity contribution is -0.317. The van der Waals surface area contributed by atoms with Crippen molar-refractivity contribution in [3.8, 4) is 0 Å². The Labute approximate surface area is 275 Å². The van der Waals surface area contributed by atoms with Crippen molar-refractivity contribution in [3.63, 3.8) is 0 Å². The van der Waals surface area contributed by atoms with Crippen molar-refractivity contribution in [2.45, 2.75) is 128 Å². The quantitative estimate of drug-likeness (QED) is 0.192. The van der Waals surface area contributed by atoms with Crippen LogP contribution in [0.15, 0.2) is 0 Å². The molecule has 2 saturated heterocycles. The molecule has 0 aliphatic carbocycles. The molecule has 10 atom stereocenters. The van der Waals surface area contributed by atoms with E-state index < -0.39 is 116 Å². The second kappa shape index (κ2) is 18.2. The zero-order valence-corrected chi connectivity index (χ0v) is 28.4. The molecule has 0 aromatic rings. The van der Waals surface area contributed by atoms with E-state index in [0.29, 0.717) is 0 Å². The van der Waals surface area contributed by atoms with Gasteiger partial charge in [0.05, 0.1) is 6.61 Å². The Kier molecular flexibility index (Phi) is 15.3. The van der Waals surface area contributed by atoms with Gasteiger partial charge in [0.25, 0.3) is 0 Å². The molecule has 2 aliphatic rings. The summed E-state index contributed by atoms with van der Waals surface area (Å²) in [6.07, 6.45) is -12.4. The fourth-order valence-corrected chi connectivity index (χ4v) is 5.99. The first kappa shape index (κ1) is 39.7. The van der Waals surface area contributed by atoms with E-state index in [-0.39, 0.29) is 5.25 Å². The van der Waals surface area contributed by atoms with Crippen LogP contribution in [0.3, 0.4) is 0 Å². The van der Waals surface area contributed by atoms with Crippen LogP contribution in [0.4, 0.5) is 0 Å². The maximum atomic E-state index is 12.2. The van der Waals surface area contributed by atoms with Gasteiger partial charge in [0, 0.05) is 53.7 Å². The van der Waals surface area contributed by atoms with Crippen molar-refractivity contribution in [2.24, 2.45) is 0 Å². The van der Waals surface area contributed by atoms with Crippen molar-refractivity contribution in [2.75, 3.05) is 13.2 Å². The monoisotopic (exact) mass is 694 g/mol. The first-order valence-electron chi connectivity index (χ1n) is 14.6. The summed E-state index contributed by atoms with van der Waals surface area (Å²) in [6, 6.07) is 0. The number of carbonyl (C=O) groups excluding carboxylic acids is 7. The summed E-state index contributed by atoms with van der Waals surface area (Å²) in [7, 11) is 0. The van der Waals surface area contributed by atoms with Crippen molar-refractivity contribution in [3.05, 3.63) is 0 Å². The predicted molar refractivity (Wildman–Crippen MR) is 156 cm³/mol. The van der Waals surface area contributed by atoms with Crippen LogP contribution in [0.25, 0.3) is 0 Å². The molecule has 2 fully saturated rings. The van der Waals surface area contributed by atoms with Crippen LogP contribution < -0.4 is 0 Å². The van der Waals surface area contributed by atoms with Gasteiger partial charge in [0.15, 0.2) is 42.9 Å². The highest BCUT2D eigenvalue weighted by Gasteiger charge is 2.55. The number of carbonyl (C=O) groups is 7. The first-order valence-corrected chi connectivity index (χ1v) is 15.6. The maximum Gasteiger partial charge on any atom is 0.303 e. The Morgan fingerprint density at radius 3 is 1.32 bits per heavy atom. The van der Waals surface area contributed by atoms with Crippen LogP contribution in [0.1, 0.15) is 62.3 Å². The summed E-state index contributed by atoms with van der Waals surface area (Å²) in [5, 5.41) is -0.0809. The second-order valence-corrected chi connectivity index (χ2v) is 12.5. The molecule has 2 rings (SSSR count). The molecule has 0 saturated carbocycles. The standard InChI is InChI=1S/C29H42O17S/c1-12(2)47-29-27(44-19(9)36)25(42-17(7)34)23(40-15(5)32)21(46-29)11-38-28-26(43-18(8)35)24(41-16(6)33)22(39-14(4)31)20(45-28)10-37-13(3)30/h12,20-29H,10-11H2,1-9H3/t20-,21-,22-,23-,24+,25+,26-,27-,28-,29+/m1/s1. The normalized spacial score (nSPS) is 30.3. The molecule has 0 spiro atoms. The summed E-state index contributed by atoms with van der Waals surface area (Å²) in [5.74, 6) is -5.45. The molecule has 2 heterocycles. The van der Waals surface area contributed by atoms with Gasteiger partial charge in [-0.3, -0.25) is 33.6 Å². The molecule has 18 heteroatoms. The molecule has 47 heavy (non-hydrogen) atoms. The van der Waals surface area contributed by atoms with Gasteiger partial charge in [-0.15, -0.1) is 11.8 Å². The summed E-state index contributed by atoms with van der Waals surface area (Å²) in [6.45, 7) is 10.5. The first-order chi connectivity index (χ1) is 21.9. The number of thioether (sulfide) groups is 1. The zero-order chi connectivity index (χ0) is 35.6. The van der Waals surface area contributed by atoms with Gasteiger partial charge < -0.3 is 47.4 Å². The van der Waals surface area contributed by atoms with Gasteiger partial charge in [0.2, 0.25) is 0 Å². The lowest BCUT2D eigenvalue weighted by atomic mass is 9.97. The SMILES string of the molecule is CC(=O)OC[C@H]1O[C@@H](OC[C@H]2O[C@@H](SC(C)C)[C@H](OC(C)=O)[C@@H](OC(C)=O)[C@@H]2OC(C)=O)[C@H](OC(C)=O)[C@@H](OC(C)=O)[C@@H]1OC(C)=O. The summed E-state index contributed by atoms with van der Waals surface area (Å²) in [4.78, 5) is 84.4. The summed E-state index contributed by atoms with van der Waals surface area (Å²) in [5.41, 5.74) is -0.945.